The molecule has 0 spiro atoms. The molecule has 0 radical (unpaired) electrons. The number of ether oxygens (including phenoxy) is 3. The number of carboxylic acid groups (broad SMARTS) is 1. The lowest BCUT2D eigenvalue weighted by Crippen LogP contribution is -2.28. The van der Waals surface area contributed by atoms with E-state index in [9.17, 15) is 18.4 Å². The summed E-state index contributed by atoms with van der Waals surface area (Å²) in [6.45, 7) is 2.06. The van der Waals surface area contributed by atoms with Gasteiger partial charge in [-0.15, -0.1) is 11.3 Å². The molecule has 2 heterocycles. The van der Waals surface area contributed by atoms with Gasteiger partial charge in [0.2, 0.25) is 11.7 Å². The molecule has 1 aromatic carbocycles. The predicted octanol–water partition coefficient (Wildman–Crippen LogP) is 4.21. The Morgan fingerprint density at radius 2 is 2.03 bits per heavy atom. The predicted molar refractivity (Wildman–Crippen MR) is 130 cm³/mol. The first-order chi connectivity index (χ1) is 17.4. The highest BCUT2D eigenvalue weighted by Gasteiger charge is 2.19. The van der Waals surface area contributed by atoms with E-state index in [0.717, 1.165) is 56.4 Å². The van der Waals surface area contributed by atoms with Gasteiger partial charge in [-0.3, -0.25) is 9.59 Å². The van der Waals surface area contributed by atoms with Crippen molar-refractivity contribution in [3.8, 4) is 17.0 Å². The van der Waals surface area contributed by atoms with E-state index in [1.54, 1.807) is 0 Å². The van der Waals surface area contributed by atoms with Crippen molar-refractivity contribution < 1.29 is 37.7 Å². The number of nitrogens with one attached hydrogen (secondary N) is 1. The quantitative estimate of drug-likeness (QED) is 0.355. The molecule has 1 amide bonds. The first-order valence-electron chi connectivity index (χ1n) is 12.1. The Morgan fingerprint density at radius 1 is 1.17 bits per heavy atom. The molecule has 0 aliphatic carbocycles. The van der Waals surface area contributed by atoms with Gasteiger partial charge in [0, 0.05) is 37.1 Å². The molecule has 1 aromatic heterocycles. The zero-order valence-electron chi connectivity index (χ0n) is 20.1. The molecule has 3 rings (SSSR count). The number of benzene rings is 1. The molecular weight excluding hydrogens is 494 g/mol. The molecule has 8 nitrogen and oxygen atoms in total. The number of hydrogen-bond donors (Lipinski definition) is 2. The topological polar surface area (TPSA) is 107 Å². The van der Waals surface area contributed by atoms with Crippen LogP contribution in [0.4, 0.5) is 8.78 Å². The van der Waals surface area contributed by atoms with Crippen LogP contribution in [-0.4, -0.2) is 61.5 Å². The summed E-state index contributed by atoms with van der Waals surface area (Å²) < 4.78 is 44.9. The third-order valence-corrected chi connectivity index (χ3v) is 6.73. The van der Waals surface area contributed by atoms with Crippen molar-refractivity contribution in [1.29, 1.82) is 0 Å². The highest BCUT2D eigenvalue weighted by atomic mass is 32.1. The van der Waals surface area contributed by atoms with Crippen LogP contribution in [0.2, 0.25) is 0 Å². The number of thiazole rings is 1. The van der Waals surface area contributed by atoms with Crippen LogP contribution in [0.1, 0.15) is 43.5 Å². The molecule has 1 unspecified atom stereocenters. The van der Waals surface area contributed by atoms with Crippen molar-refractivity contribution >= 4 is 23.2 Å². The number of carboxylic acids is 1. The Balaban J connectivity index is 1.47. The van der Waals surface area contributed by atoms with Gasteiger partial charge in [-0.2, -0.15) is 4.39 Å². The van der Waals surface area contributed by atoms with Crippen molar-refractivity contribution in [1.82, 2.24) is 10.3 Å². The van der Waals surface area contributed by atoms with Crippen molar-refractivity contribution in [2.75, 3.05) is 39.6 Å². The number of halogens is 2. The third-order valence-electron chi connectivity index (χ3n) is 5.82. The Morgan fingerprint density at radius 3 is 2.86 bits per heavy atom. The standard InChI is InChI=1S/C25H32F2N2O6S/c26-19-5-4-18(20-16-36-22(29-20)7-3-17-2-1-11-33-12-9-17)25(24(19)27)35-15-14-34-13-10-28-21(30)6-8-23(31)32/h4-5,16-17H,1-3,6-15H2,(H,28,30)(H,31,32). The van der Waals surface area contributed by atoms with Crippen LogP contribution < -0.4 is 10.1 Å². The van der Waals surface area contributed by atoms with Crippen LogP contribution in [0.25, 0.3) is 11.3 Å². The summed E-state index contributed by atoms with van der Waals surface area (Å²) in [5.41, 5.74) is 0.919. The van der Waals surface area contributed by atoms with E-state index in [4.69, 9.17) is 19.3 Å². The Bertz CT molecular complexity index is 995. The summed E-state index contributed by atoms with van der Waals surface area (Å²) in [5.74, 6) is -3.11. The smallest absolute Gasteiger partial charge is 0.303 e. The van der Waals surface area contributed by atoms with Crippen LogP contribution in [0.5, 0.6) is 5.75 Å². The summed E-state index contributed by atoms with van der Waals surface area (Å²) in [6.07, 6.45) is 4.79. The average Bonchev–Trinajstić information content (AvgIpc) is 3.17. The minimum absolute atomic E-state index is 0.0267. The number of amides is 1. The van der Waals surface area contributed by atoms with E-state index in [1.807, 2.05) is 5.38 Å². The zero-order valence-corrected chi connectivity index (χ0v) is 20.9. The third kappa shape index (κ3) is 9.11. The first kappa shape index (κ1) is 27.9. The number of rotatable bonds is 14. The molecule has 2 aromatic rings. The summed E-state index contributed by atoms with van der Waals surface area (Å²) in [4.78, 5) is 26.6. The van der Waals surface area contributed by atoms with E-state index in [2.05, 4.69) is 10.3 Å². The van der Waals surface area contributed by atoms with Gasteiger partial charge in [-0.05, 0) is 50.2 Å². The summed E-state index contributed by atoms with van der Waals surface area (Å²) in [5, 5.41) is 13.9. The Labute approximate surface area is 213 Å². The molecule has 36 heavy (non-hydrogen) atoms. The highest BCUT2D eigenvalue weighted by molar-refractivity contribution is 7.09. The van der Waals surface area contributed by atoms with Crippen LogP contribution >= 0.6 is 11.3 Å². The summed E-state index contributed by atoms with van der Waals surface area (Å²) >= 11 is 1.50. The van der Waals surface area contributed by atoms with Gasteiger partial charge in [-0.25, -0.2) is 9.37 Å². The molecule has 1 fully saturated rings. The van der Waals surface area contributed by atoms with E-state index >= 15 is 0 Å². The number of hydrogen-bond acceptors (Lipinski definition) is 7. The SMILES string of the molecule is O=C(O)CCC(=O)NCCOCCOc1c(-c2csc(CCC3CCCOCC3)n2)ccc(F)c1F. The maximum atomic E-state index is 14.6. The van der Waals surface area contributed by atoms with Crippen LogP contribution in [0, 0.1) is 17.6 Å². The van der Waals surface area contributed by atoms with Crippen LogP contribution in [-0.2, 0) is 25.5 Å². The fourth-order valence-electron chi connectivity index (χ4n) is 3.89. The lowest BCUT2D eigenvalue weighted by Gasteiger charge is -2.13. The number of aliphatic carboxylic acids is 1. The molecule has 1 aliphatic heterocycles. The molecule has 198 valence electrons. The molecule has 1 saturated heterocycles. The highest BCUT2D eigenvalue weighted by Crippen LogP contribution is 2.35. The van der Waals surface area contributed by atoms with Gasteiger partial charge in [0.25, 0.3) is 0 Å². The van der Waals surface area contributed by atoms with Gasteiger partial charge < -0.3 is 24.6 Å². The maximum absolute atomic E-state index is 14.6. The first-order valence-corrected chi connectivity index (χ1v) is 13.0. The molecule has 11 heteroatoms. The van der Waals surface area contributed by atoms with Gasteiger partial charge in [0.1, 0.15) is 6.61 Å². The zero-order chi connectivity index (χ0) is 25.8. The van der Waals surface area contributed by atoms with E-state index < -0.39 is 17.6 Å². The summed E-state index contributed by atoms with van der Waals surface area (Å²) in [7, 11) is 0. The van der Waals surface area contributed by atoms with Crippen molar-refractivity contribution in [2.24, 2.45) is 5.92 Å². The molecule has 1 atom stereocenters. The molecular formula is C25H32F2N2O6S. The Kier molecular flexibility index (Phi) is 11.5. The second-order valence-electron chi connectivity index (χ2n) is 8.52. The number of nitrogens with zero attached hydrogens (tertiary/aromatic N) is 1. The van der Waals surface area contributed by atoms with E-state index in [1.165, 1.54) is 17.4 Å². The maximum Gasteiger partial charge on any atom is 0.303 e. The van der Waals surface area contributed by atoms with Crippen LogP contribution in [0.3, 0.4) is 0 Å². The average molecular weight is 527 g/mol. The van der Waals surface area contributed by atoms with Gasteiger partial charge in [-0.1, -0.05) is 0 Å². The van der Waals surface area contributed by atoms with E-state index in [0.29, 0.717) is 17.2 Å². The van der Waals surface area contributed by atoms with Crippen molar-refractivity contribution in [3.63, 3.8) is 0 Å². The number of aromatic nitrogens is 1. The fourth-order valence-corrected chi connectivity index (χ4v) is 4.70. The van der Waals surface area contributed by atoms with E-state index in [-0.39, 0.29) is 50.9 Å². The lowest BCUT2D eigenvalue weighted by atomic mass is 9.95. The van der Waals surface area contributed by atoms with Gasteiger partial charge >= 0.3 is 5.97 Å². The number of aryl methyl sites for hydroxylation is 1. The minimum Gasteiger partial charge on any atom is -0.487 e. The molecule has 2 N–H and O–H groups in total. The summed E-state index contributed by atoms with van der Waals surface area (Å²) in [6, 6.07) is 2.52. The van der Waals surface area contributed by atoms with Crippen LogP contribution in [0.15, 0.2) is 17.5 Å². The molecule has 1 aliphatic rings. The Hall–Kier alpha value is -2.63. The van der Waals surface area contributed by atoms with Crippen molar-refractivity contribution in [3.05, 3.63) is 34.2 Å². The number of carbonyl (C=O) groups is 2. The van der Waals surface area contributed by atoms with Gasteiger partial charge in [0.15, 0.2) is 11.6 Å². The largest absolute Gasteiger partial charge is 0.487 e. The minimum atomic E-state index is -1.08. The fraction of sp³-hybridized carbons (Fsp3) is 0.560. The lowest BCUT2D eigenvalue weighted by molar-refractivity contribution is -0.138. The second kappa shape index (κ2) is 14.8. The monoisotopic (exact) mass is 526 g/mol. The van der Waals surface area contributed by atoms with Crippen molar-refractivity contribution in [2.45, 2.75) is 44.9 Å². The normalized spacial score (nSPS) is 15.9. The number of carbonyl (C=O) groups excluding carboxylic acids is 1. The molecule has 0 saturated carbocycles. The molecule has 0 bridgehead atoms. The van der Waals surface area contributed by atoms with Gasteiger partial charge in [0.05, 0.1) is 30.3 Å². The second-order valence-corrected chi connectivity index (χ2v) is 9.46.